The zero-order valence-electron chi connectivity index (χ0n) is 8.45. The predicted octanol–water partition coefficient (Wildman–Crippen LogP) is 2.47. The molecule has 0 unspecified atom stereocenters. The van der Waals surface area contributed by atoms with Gasteiger partial charge in [-0.25, -0.2) is 13.2 Å². The number of hydrogen-bond donors (Lipinski definition) is 0. The van der Waals surface area contributed by atoms with Crippen LogP contribution in [-0.2, 0) is 13.8 Å². The van der Waals surface area contributed by atoms with E-state index in [9.17, 15) is 13.2 Å². The van der Waals surface area contributed by atoms with Gasteiger partial charge >= 0.3 is 5.97 Å². The second-order valence-electron chi connectivity index (χ2n) is 3.01. The normalized spacial score (nSPS) is 11.2. The first kappa shape index (κ1) is 13.5. The Kier molecular flexibility index (Phi) is 3.98. The quantitative estimate of drug-likeness (QED) is 0.618. The molecule has 0 aliphatic carbocycles. The number of carbonyl (C=O) groups is 1. The van der Waals surface area contributed by atoms with Crippen molar-refractivity contribution < 1.29 is 17.9 Å². The van der Waals surface area contributed by atoms with Crippen LogP contribution >= 0.6 is 26.6 Å². The van der Waals surface area contributed by atoms with Crippen LogP contribution in [0, 0.1) is 6.92 Å². The van der Waals surface area contributed by atoms with Gasteiger partial charge in [0.1, 0.15) is 0 Å². The van der Waals surface area contributed by atoms with Gasteiger partial charge in [-0.15, -0.1) is 0 Å². The van der Waals surface area contributed by atoms with E-state index in [1.54, 1.807) is 6.92 Å². The zero-order chi connectivity index (χ0) is 12.5. The highest BCUT2D eigenvalue weighted by atomic mass is 79.9. The number of carbonyl (C=O) groups excluding carboxylic acids is 1. The van der Waals surface area contributed by atoms with E-state index in [1.165, 1.54) is 19.2 Å². The maximum atomic E-state index is 11.4. The minimum absolute atomic E-state index is 0.146. The highest BCUT2D eigenvalue weighted by Crippen LogP contribution is 2.27. The monoisotopic (exact) mass is 326 g/mol. The molecular weight excluding hydrogens is 320 g/mol. The number of hydrogen-bond acceptors (Lipinski definition) is 4. The van der Waals surface area contributed by atoms with Crippen LogP contribution in [0.5, 0.6) is 0 Å². The molecule has 1 aromatic carbocycles. The number of rotatable bonds is 2. The third-order valence-electron chi connectivity index (χ3n) is 2.00. The zero-order valence-corrected chi connectivity index (χ0v) is 11.6. The van der Waals surface area contributed by atoms with Crippen LogP contribution in [-0.4, -0.2) is 21.5 Å². The Morgan fingerprint density at radius 1 is 1.44 bits per heavy atom. The molecule has 0 aliphatic rings. The van der Waals surface area contributed by atoms with Crippen LogP contribution in [0.4, 0.5) is 0 Å². The smallest absolute Gasteiger partial charge is 0.338 e. The summed E-state index contributed by atoms with van der Waals surface area (Å²) in [5, 5.41) is 0. The standard InChI is InChI=1S/C9H8BrClO4S/c1-5-7(9(12)15-2)3-6(4-8(5)10)16(11,13)14/h3-4H,1-2H3. The molecule has 0 amide bonds. The lowest BCUT2D eigenvalue weighted by Gasteiger charge is -2.07. The van der Waals surface area contributed by atoms with Gasteiger partial charge in [-0.2, -0.15) is 0 Å². The highest BCUT2D eigenvalue weighted by molar-refractivity contribution is 9.10. The average molecular weight is 328 g/mol. The lowest BCUT2D eigenvalue weighted by molar-refractivity contribution is 0.0599. The van der Waals surface area contributed by atoms with E-state index in [4.69, 9.17) is 10.7 Å². The summed E-state index contributed by atoms with van der Waals surface area (Å²) in [5.74, 6) is -0.611. The first-order valence-electron chi connectivity index (χ1n) is 4.10. The van der Waals surface area contributed by atoms with Crippen molar-refractivity contribution in [1.82, 2.24) is 0 Å². The average Bonchev–Trinajstić information content (AvgIpc) is 2.19. The molecule has 0 saturated carbocycles. The van der Waals surface area contributed by atoms with E-state index in [1.807, 2.05) is 0 Å². The largest absolute Gasteiger partial charge is 0.465 e. The van der Waals surface area contributed by atoms with E-state index in [0.29, 0.717) is 10.0 Å². The van der Waals surface area contributed by atoms with E-state index >= 15 is 0 Å². The van der Waals surface area contributed by atoms with Crippen LogP contribution in [0.1, 0.15) is 15.9 Å². The summed E-state index contributed by atoms with van der Waals surface area (Å²) < 4.78 is 27.3. The second kappa shape index (κ2) is 4.73. The van der Waals surface area contributed by atoms with Gasteiger partial charge in [0.15, 0.2) is 0 Å². The van der Waals surface area contributed by atoms with Crippen molar-refractivity contribution in [2.24, 2.45) is 0 Å². The van der Waals surface area contributed by atoms with Gasteiger partial charge in [0.05, 0.1) is 17.6 Å². The Morgan fingerprint density at radius 2 is 2.00 bits per heavy atom. The van der Waals surface area contributed by atoms with E-state index in [-0.39, 0.29) is 10.5 Å². The van der Waals surface area contributed by atoms with Gasteiger partial charge in [-0.05, 0) is 24.6 Å². The molecular formula is C9H8BrClO4S. The molecule has 16 heavy (non-hydrogen) atoms. The Bertz CT molecular complexity index is 539. The summed E-state index contributed by atoms with van der Waals surface area (Å²) in [6.45, 7) is 1.67. The molecule has 0 heterocycles. The van der Waals surface area contributed by atoms with Gasteiger partial charge in [-0.1, -0.05) is 15.9 Å². The molecule has 1 aromatic rings. The van der Waals surface area contributed by atoms with E-state index in [0.717, 1.165) is 0 Å². The third-order valence-corrected chi connectivity index (χ3v) is 4.16. The Labute approximate surface area is 106 Å². The number of halogens is 2. The van der Waals surface area contributed by atoms with Crippen molar-refractivity contribution >= 4 is 41.6 Å². The summed E-state index contributed by atoms with van der Waals surface area (Å²) in [5.41, 5.74) is 0.756. The van der Waals surface area contributed by atoms with E-state index in [2.05, 4.69) is 20.7 Å². The second-order valence-corrected chi connectivity index (χ2v) is 6.43. The molecule has 0 aliphatic heterocycles. The molecule has 88 valence electrons. The summed E-state index contributed by atoms with van der Waals surface area (Å²) in [6, 6.07) is 2.53. The number of esters is 1. The Balaban J connectivity index is 3.51. The van der Waals surface area contributed by atoms with Gasteiger partial charge < -0.3 is 4.74 Å². The van der Waals surface area contributed by atoms with Gasteiger partial charge in [-0.3, -0.25) is 0 Å². The first-order valence-corrected chi connectivity index (χ1v) is 7.20. The molecule has 0 N–H and O–H groups in total. The van der Waals surface area contributed by atoms with Crippen LogP contribution in [0.3, 0.4) is 0 Å². The summed E-state index contributed by atoms with van der Waals surface area (Å²) in [4.78, 5) is 11.2. The topological polar surface area (TPSA) is 60.4 Å². The van der Waals surface area contributed by atoms with Gasteiger partial charge in [0, 0.05) is 15.2 Å². The van der Waals surface area contributed by atoms with Crippen molar-refractivity contribution in [2.45, 2.75) is 11.8 Å². The fraction of sp³-hybridized carbons (Fsp3) is 0.222. The minimum atomic E-state index is -3.87. The lowest BCUT2D eigenvalue weighted by atomic mass is 10.1. The maximum Gasteiger partial charge on any atom is 0.338 e. The molecule has 0 bridgehead atoms. The Morgan fingerprint density at radius 3 is 2.44 bits per heavy atom. The minimum Gasteiger partial charge on any atom is -0.465 e. The molecule has 0 fully saturated rings. The van der Waals surface area contributed by atoms with Crippen molar-refractivity contribution in [3.8, 4) is 0 Å². The van der Waals surface area contributed by atoms with Gasteiger partial charge in [0.25, 0.3) is 9.05 Å². The molecule has 0 aromatic heterocycles. The third kappa shape index (κ3) is 2.75. The van der Waals surface area contributed by atoms with Crippen molar-refractivity contribution in [2.75, 3.05) is 7.11 Å². The number of ether oxygens (including phenoxy) is 1. The predicted molar refractivity (Wildman–Crippen MR) is 63.3 cm³/mol. The van der Waals surface area contributed by atoms with Crippen molar-refractivity contribution in [3.63, 3.8) is 0 Å². The molecule has 4 nitrogen and oxygen atoms in total. The van der Waals surface area contributed by atoms with Crippen LogP contribution < -0.4 is 0 Å². The van der Waals surface area contributed by atoms with Crippen LogP contribution in [0.15, 0.2) is 21.5 Å². The van der Waals surface area contributed by atoms with Crippen molar-refractivity contribution in [1.29, 1.82) is 0 Å². The molecule has 7 heteroatoms. The Hall–Kier alpha value is -0.590. The SMILES string of the molecule is COC(=O)c1cc(S(=O)(=O)Cl)cc(Br)c1C. The lowest BCUT2D eigenvalue weighted by Crippen LogP contribution is -2.06. The number of methoxy groups -OCH3 is 1. The van der Waals surface area contributed by atoms with Crippen molar-refractivity contribution in [3.05, 3.63) is 27.7 Å². The molecule has 0 spiro atoms. The van der Waals surface area contributed by atoms with Gasteiger partial charge in [0.2, 0.25) is 0 Å². The molecule has 0 saturated heterocycles. The number of benzene rings is 1. The first-order chi connectivity index (χ1) is 7.27. The molecule has 0 atom stereocenters. The fourth-order valence-corrected chi connectivity index (χ4v) is 2.51. The van der Waals surface area contributed by atoms with Crippen LogP contribution in [0.25, 0.3) is 0 Å². The maximum absolute atomic E-state index is 11.4. The summed E-state index contributed by atoms with van der Waals surface area (Å²) in [7, 11) is 2.55. The van der Waals surface area contributed by atoms with E-state index < -0.39 is 15.0 Å². The highest BCUT2D eigenvalue weighted by Gasteiger charge is 2.18. The summed E-state index contributed by atoms with van der Waals surface area (Å²) >= 11 is 3.16. The summed E-state index contributed by atoms with van der Waals surface area (Å²) in [6.07, 6.45) is 0. The van der Waals surface area contributed by atoms with Crippen LogP contribution in [0.2, 0.25) is 0 Å². The molecule has 1 rings (SSSR count). The molecule has 0 radical (unpaired) electrons. The fourth-order valence-electron chi connectivity index (χ4n) is 1.12.